The fraction of sp³-hybridized carbons (Fsp3) is 0.0625. The van der Waals surface area contributed by atoms with Gasteiger partial charge in [-0.2, -0.15) is 13.2 Å². The van der Waals surface area contributed by atoms with Gasteiger partial charge in [-0.25, -0.2) is 0 Å². The Morgan fingerprint density at radius 1 is 0.864 bits per heavy atom. The summed E-state index contributed by atoms with van der Waals surface area (Å²) in [7, 11) is 0. The second kappa shape index (κ2) is 4.13. The summed E-state index contributed by atoms with van der Waals surface area (Å²) in [5.74, 6) is 0. The van der Waals surface area contributed by atoms with Gasteiger partial charge in [0.15, 0.2) is 5.43 Å². The number of fused-ring (bicyclic) bond motifs is 4. The largest absolute Gasteiger partial charge is 0.416 e. The molecule has 0 radical (unpaired) electrons. The van der Waals surface area contributed by atoms with Crippen molar-refractivity contribution in [2.75, 3.05) is 0 Å². The lowest BCUT2D eigenvalue weighted by Gasteiger charge is -2.07. The second-order valence-corrected chi connectivity index (χ2v) is 5.13. The SMILES string of the molecule is O=c1c2cc(C(F)(F)F)ccc2[nH]c2[nH]c3ccccc3c12. The van der Waals surface area contributed by atoms with Crippen LogP contribution >= 0.6 is 0 Å². The number of aromatic amines is 2. The lowest BCUT2D eigenvalue weighted by Crippen LogP contribution is -2.08. The topological polar surface area (TPSA) is 48.6 Å². The van der Waals surface area contributed by atoms with Crippen LogP contribution in [0.2, 0.25) is 0 Å². The van der Waals surface area contributed by atoms with E-state index in [4.69, 9.17) is 0 Å². The van der Waals surface area contributed by atoms with Crippen LogP contribution in [0, 0.1) is 0 Å². The number of H-pyrrole nitrogens is 2. The Morgan fingerprint density at radius 2 is 1.55 bits per heavy atom. The Balaban J connectivity index is 2.19. The maximum Gasteiger partial charge on any atom is 0.416 e. The molecule has 3 nitrogen and oxygen atoms in total. The van der Waals surface area contributed by atoms with Crippen molar-refractivity contribution in [3.05, 3.63) is 58.3 Å². The lowest BCUT2D eigenvalue weighted by atomic mass is 10.1. The van der Waals surface area contributed by atoms with Crippen molar-refractivity contribution in [2.45, 2.75) is 6.18 Å². The zero-order valence-electron chi connectivity index (χ0n) is 11.1. The highest BCUT2D eigenvalue weighted by Crippen LogP contribution is 2.31. The highest BCUT2D eigenvalue weighted by Gasteiger charge is 2.30. The third kappa shape index (κ3) is 1.73. The molecule has 0 aliphatic carbocycles. The quantitative estimate of drug-likeness (QED) is 0.503. The third-order valence-electron chi connectivity index (χ3n) is 3.78. The number of rotatable bonds is 0. The molecule has 6 heteroatoms. The van der Waals surface area contributed by atoms with Crippen LogP contribution in [0.1, 0.15) is 5.56 Å². The molecule has 2 aromatic heterocycles. The predicted molar refractivity (Wildman–Crippen MR) is 78.9 cm³/mol. The molecule has 110 valence electrons. The van der Waals surface area contributed by atoms with Crippen LogP contribution in [0.5, 0.6) is 0 Å². The van der Waals surface area contributed by atoms with Gasteiger partial charge in [-0.1, -0.05) is 18.2 Å². The Labute approximate surface area is 121 Å². The van der Waals surface area contributed by atoms with Crippen LogP contribution in [0.3, 0.4) is 0 Å². The highest BCUT2D eigenvalue weighted by molar-refractivity contribution is 6.09. The van der Waals surface area contributed by atoms with Gasteiger partial charge in [0.25, 0.3) is 0 Å². The van der Waals surface area contributed by atoms with E-state index in [1.54, 1.807) is 12.1 Å². The smallest absolute Gasteiger partial charge is 0.341 e. The number of hydrogen-bond acceptors (Lipinski definition) is 1. The van der Waals surface area contributed by atoms with E-state index in [9.17, 15) is 18.0 Å². The zero-order chi connectivity index (χ0) is 15.5. The van der Waals surface area contributed by atoms with Gasteiger partial charge < -0.3 is 9.97 Å². The van der Waals surface area contributed by atoms with Crippen molar-refractivity contribution < 1.29 is 13.2 Å². The first-order valence-electron chi connectivity index (χ1n) is 6.59. The van der Waals surface area contributed by atoms with E-state index >= 15 is 0 Å². The van der Waals surface area contributed by atoms with Gasteiger partial charge >= 0.3 is 6.18 Å². The Morgan fingerprint density at radius 3 is 2.27 bits per heavy atom. The summed E-state index contributed by atoms with van der Waals surface area (Å²) in [5, 5.41) is 1.10. The summed E-state index contributed by atoms with van der Waals surface area (Å²) < 4.78 is 38.5. The first-order chi connectivity index (χ1) is 10.4. The van der Waals surface area contributed by atoms with Crippen LogP contribution in [-0.4, -0.2) is 9.97 Å². The summed E-state index contributed by atoms with van der Waals surface area (Å²) >= 11 is 0. The van der Waals surface area contributed by atoms with E-state index in [-0.39, 0.29) is 5.39 Å². The lowest BCUT2D eigenvalue weighted by molar-refractivity contribution is -0.137. The normalized spacial score (nSPS) is 12.5. The number of aromatic nitrogens is 2. The molecule has 2 N–H and O–H groups in total. The van der Waals surface area contributed by atoms with Crippen LogP contribution in [0.25, 0.3) is 32.8 Å². The number of para-hydroxylation sites is 1. The monoisotopic (exact) mass is 302 g/mol. The molecular formula is C16H9F3N2O. The van der Waals surface area contributed by atoms with Crippen molar-refractivity contribution in [3.63, 3.8) is 0 Å². The number of halogens is 3. The van der Waals surface area contributed by atoms with E-state index < -0.39 is 17.2 Å². The van der Waals surface area contributed by atoms with Crippen molar-refractivity contribution in [2.24, 2.45) is 0 Å². The summed E-state index contributed by atoms with van der Waals surface area (Å²) in [4.78, 5) is 18.7. The van der Waals surface area contributed by atoms with Crippen molar-refractivity contribution in [1.29, 1.82) is 0 Å². The average Bonchev–Trinajstić information content (AvgIpc) is 2.84. The molecule has 0 amide bonds. The summed E-state index contributed by atoms with van der Waals surface area (Å²) in [6, 6.07) is 10.3. The third-order valence-corrected chi connectivity index (χ3v) is 3.78. The van der Waals surface area contributed by atoms with Crippen molar-refractivity contribution in [3.8, 4) is 0 Å². The van der Waals surface area contributed by atoms with Gasteiger partial charge in [-0.05, 0) is 24.3 Å². The van der Waals surface area contributed by atoms with Gasteiger partial charge in [-0.3, -0.25) is 4.79 Å². The number of alkyl halides is 3. The molecule has 0 fully saturated rings. The van der Waals surface area contributed by atoms with E-state index in [2.05, 4.69) is 9.97 Å². The number of nitrogens with one attached hydrogen (secondary N) is 2. The molecule has 0 saturated heterocycles. The van der Waals surface area contributed by atoms with Gasteiger partial charge in [0.05, 0.1) is 16.5 Å². The van der Waals surface area contributed by atoms with Gasteiger partial charge in [0.2, 0.25) is 0 Å². The van der Waals surface area contributed by atoms with E-state index in [1.165, 1.54) is 6.07 Å². The predicted octanol–water partition coefficient (Wildman–Crippen LogP) is 4.18. The summed E-state index contributed by atoms with van der Waals surface area (Å²) in [6.07, 6.45) is -4.48. The summed E-state index contributed by atoms with van der Waals surface area (Å²) in [5.41, 5.74) is 0.407. The molecule has 0 bridgehead atoms. The zero-order valence-corrected chi connectivity index (χ0v) is 11.1. The molecule has 0 atom stereocenters. The molecule has 0 aliphatic rings. The molecule has 2 aromatic carbocycles. The number of hydrogen-bond donors (Lipinski definition) is 2. The van der Waals surface area contributed by atoms with Crippen molar-refractivity contribution in [1.82, 2.24) is 9.97 Å². The molecule has 4 rings (SSSR count). The van der Waals surface area contributed by atoms with Crippen LogP contribution in [-0.2, 0) is 6.18 Å². The Bertz CT molecular complexity index is 1090. The number of benzene rings is 2. The average molecular weight is 302 g/mol. The van der Waals surface area contributed by atoms with E-state index in [0.29, 0.717) is 21.9 Å². The molecular weight excluding hydrogens is 293 g/mol. The molecule has 22 heavy (non-hydrogen) atoms. The molecule has 0 spiro atoms. The van der Waals surface area contributed by atoms with E-state index in [1.807, 2.05) is 12.1 Å². The molecule has 2 heterocycles. The van der Waals surface area contributed by atoms with E-state index in [0.717, 1.165) is 17.6 Å². The molecule has 0 saturated carbocycles. The van der Waals surface area contributed by atoms with Crippen molar-refractivity contribution >= 4 is 32.8 Å². The fourth-order valence-corrected chi connectivity index (χ4v) is 2.76. The van der Waals surface area contributed by atoms with Gasteiger partial charge in [-0.15, -0.1) is 0 Å². The standard InChI is InChI=1S/C16H9F3N2O/c17-16(18,19)8-5-6-12-10(7-8)14(22)13-9-3-1-2-4-11(9)20-15(13)21-12/h1-7H,(H2,20,21,22). The molecule has 4 aromatic rings. The second-order valence-electron chi connectivity index (χ2n) is 5.13. The number of pyridine rings is 1. The van der Waals surface area contributed by atoms with Gasteiger partial charge in [0.1, 0.15) is 5.65 Å². The first kappa shape index (κ1) is 12.9. The molecule has 0 unspecified atom stereocenters. The van der Waals surface area contributed by atoms with Crippen LogP contribution < -0.4 is 5.43 Å². The maximum absolute atomic E-state index is 12.8. The first-order valence-corrected chi connectivity index (χ1v) is 6.59. The summed E-state index contributed by atoms with van der Waals surface area (Å²) in [6.45, 7) is 0. The minimum atomic E-state index is -4.48. The Hall–Kier alpha value is -2.76. The van der Waals surface area contributed by atoms with Crippen LogP contribution in [0.4, 0.5) is 13.2 Å². The van der Waals surface area contributed by atoms with Gasteiger partial charge in [0, 0.05) is 16.3 Å². The highest BCUT2D eigenvalue weighted by atomic mass is 19.4. The fourth-order valence-electron chi connectivity index (χ4n) is 2.76. The maximum atomic E-state index is 12.8. The minimum absolute atomic E-state index is 0.0343. The van der Waals surface area contributed by atoms with Crippen LogP contribution in [0.15, 0.2) is 47.3 Å². The molecule has 0 aliphatic heterocycles. The Kier molecular flexibility index (Phi) is 2.43. The minimum Gasteiger partial charge on any atom is -0.341 e.